The van der Waals surface area contributed by atoms with E-state index in [0.717, 1.165) is 30.7 Å². The first kappa shape index (κ1) is 13.0. The lowest BCUT2D eigenvalue weighted by atomic mass is 9.85. The van der Waals surface area contributed by atoms with Crippen LogP contribution in [0.3, 0.4) is 0 Å². The minimum atomic E-state index is -0.487. The maximum Gasteiger partial charge on any atom is 0.109 e. The van der Waals surface area contributed by atoms with Crippen molar-refractivity contribution >= 4 is 11.3 Å². The van der Waals surface area contributed by atoms with Gasteiger partial charge >= 0.3 is 0 Å². The van der Waals surface area contributed by atoms with Gasteiger partial charge in [-0.1, -0.05) is 19.3 Å². The Morgan fingerprint density at radius 1 is 1.47 bits per heavy atom. The molecule has 1 aromatic rings. The number of nitrogens with zero attached hydrogens (tertiary/aromatic N) is 1. The Hall–Kier alpha value is -0.450. The van der Waals surface area contributed by atoms with Crippen LogP contribution in [0.1, 0.15) is 55.0 Å². The van der Waals surface area contributed by atoms with Gasteiger partial charge in [0.1, 0.15) is 5.01 Å². The molecule has 2 N–H and O–H groups in total. The lowest BCUT2D eigenvalue weighted by molar-refractivity contribution is 0.00300. The summed E-state index contributed by atoms with van der Waals surface area (Å²) in [5, 5.41) is 14.9. The zero-order chi connectivity index (χ0) is 12.3. The van der Waals surface area contributed by atoms with Crippen LogP contribution in [-0.2, 0) is 0 Å². The highest BCUT2D eigenvalue weighted by molar-refractivity contribution is 7.11. The highest BCUT2D eigenvalue weighted by Crippen LogP contribution is 2.28. The summed E-state index contributed by atoms with van der Waals surface area (Å²) in [5.74, 6) is 0. The van der Waals surface area contributed by atoms with Crippen LogP contribution < -0.4 is 5.32 Å². The van der Waals surface area contributed by atoms with Crippen LogP contribution in [0.15, 0.2) is 6.20 Å². The van der Waals surface area contributed by atoms with Gasteiger partial charge in [-0.3, -0.25) is 0 Å². The van der Waals surface area contributed by atoms with E-state index in [1.54, 1.807) is 11.3 Å². The van der Waals surface area contributed by atoms with Crippen LogP contribution in [0.25, 0.3) is 0 Å². The zero-order valence-corrected chi connectivity index (χ0v) is 11.5. The average molecular weight is 254 g/mol. The summed E-state index contributed by atoms with van der Waals surface area (Å²) in [6, 6.07) is 0.236. The van der Waals surface area contributed by atoms with Gasteiger partial charge in [0.05, 0.1) is 11.6 Å². The fourth-order valence-corrected chi connectivity index (χ4v) is 3.19. The van der Waals surface area contributed by atoms with Crippen LogP contribution >= 0.6 is 11.3 Å². The molecule has 0 amide bonds. The molecule has 1 heterocycles. The second kappa shape index (κ2) is 5.46. The molecule has 0 radical (unpaired) electrons. The first-order valence-corrected chi connectivity index (χ1v) is 7.29. The Bertz CT molecular complexity index is 358. The lowest BCUT2D eigenvalue weighted by Gasteiger charge is -2.33. The molecule has 0 aliphatic heterocycles. The lowest BCUT2D eigenvalue weighted by Crippen LogP contribution is -2.42. The Kier molecular flexibility index (Phi) is 4.17. The SMILES string of the molecule is Cc1cnc(C(C)NCC2(O)CCCCC2)s1. The molecule has 1 saturated carbocycles. The Balaban J connectivity index is 1.85. The van der Waals surface area contributed by atoms with Crippen molar-refractivity contribution in [2.45, 2.75) is 57.6 Å². The number of aliphatic hydroxyl groups is 1. The van der Waals surface area contributed by atoms with E-state index in [1.807, 2.05) is 6.20 Å². The van der Waals surface area contributed by atoms with Gasteiger partial charge in [0.2, 0.25) is 0 Å². The normalized spacial score (nSPS) is 21.4. The quantitative estimate of drug-likeness (QED) is 0.868. The third kappa shape index (κ3) is 3.50. The van der Waals surface area contributed by atoms with Crippen molar-refractivity contribution in [1.82, 2.24) is 10.3 Å². The predicted molar refractivity (Wildman–Crippen MR) is 71.3 cm³/mol. The molecule has 4 heteroatoms. The van der Waals surface area contributed by atoms with Crippen molar-refractivity contribution in [2.24, 2.45) is 0 Å². The molecule has 17 heavy (non-hydrogen) atoms. The molecule has 96 valence electrons. The highest BCUT2D eigenvalue weighted by Gasteiger charge is 2.29. The zero-order valence-electron chi connectivity index (χ0n) is 10.7. The van der Waals surface area contributed by atoms with E-state index in [9.17, 15) is 5.11 Å². The first-order valence-electron chi connectivity index (χ1n) is 6.47. The van der Waals surface area contributed by atoms with Crippen LogP contribution in [-0.4, -0.2) is 22.2 Å². The van der Waals surface area contributed by atoms with Gasteiger partial charge in [0.25, 0.3) is 0 Å². The van der Waals surface area contributed by atoms with Crippen LogP contribution in [0, 0.1) is 6.92 Å². The van der Waals surface area contributed by atoms with E-state index in [1.165, 1.54) is 11.3 Å². The highest BCUT2D eigenvalue weighted by atomic mass is 32.1. The Morgan fingerprint density at radius 2 is 2.18 bits per heavy atom. The van der Waals surface area contributed by atoms with Gasteiger partial charge in [-0.05, 0) is 26.7 Å². The van der Waals surface area contributed by atoms with Gasteiger partial charge in [-0.2, -0.15) is 0 Å². The molecule has 2 rings (SSSR count). The summed E-state index contributed by atoms with van der Waals surface area (Å²) >= 11 is 1.73. The summed E-state index contributed by atoms with van der Waals surface area (Å²) < 4.78 is 0. The molecule has 0 saturated heterocycles. The molecule has 1 aliphatic rings. The van der Waals surface area contributed by atoms with Gasteiger partial charge in [0.15, 0.2) is 0 Å². The molecule has 0 bridgehead atoms. The summed E-state index contributed by atoms with van der Waals surface area (Å²) in [7, 11) is 0. The molecule has 3 nitrogen and oxygen atoms in total. The van der Waals surface area contributed by atoms with Crippen molar-refractivity contribution < 1.29 is 5.11 Å². The van der Waals surface area contributed by atoms with E-state index in [-0.39, 0.29) is 6.04 Å². The predicted octanol–water partition coefficient (Wildman–Crippen LogP) is 2.80. The molecule has 1 aliphatic carbocycles. The van der Waals surface area contributed by atoms with E-state index >= 15 is 0 Å². The molecule has 1 atom stereocenters. The molecule has 1 unspecified atom stereocenters. The number of rotatable bonds is 4. The van der Waals surface area contributed by atoms with E-state index in [0.29, 0.717) is 6.54 Å². The third-order valence-electron chi connectivity index (χ3n) is 3.53. The first-order chi connectivity index (χ1) is 8.09. The number of hydrogen-bond acceptors (Lipinski definition) is 4. The van der Waals surface area contributed by atoms with Crippen LogP contribution in [0.5, 0.6) is 0 Å². The van der Waals surface area contributed by atoms with Crippen molar-refractivity contribution in [3.05, 3.63) is 16.1 Å². The van der Waals surface area contributed by atoms with Crippen LogP contribution in [0.4, 0.5) is 0 Å². The van der Waals surface area contributed by atoms with E-state index in [2.05, 4.69) is 24.1 Å². The molecule has 0 spiro atoms. The molecule has 1 fully saturated rings. The minimum absolute atomic E-state index is 0.236. The fraction of sp³-hybridized carbons (Fsp3) is 0.769. The summed E-state index contributed by atoms with van der Waals surface area (Å²) in [4.78, 5) is 5.62. The second-order valence-electron chi connectivity index (χ2n) is 5.20. The summed E-state index contributed by atoms with van der Waals surface area (Å²) in [5.41, 5.74) is -0.487. The summed E-state index contributed by atoms with van der Waals surface area (Å²) in [6.07, 6.45) is 7.36. The smallest absolute Gasteiger partial charge is 0.109 e. The number of hydrogen-bond donors (Lipinski definition) is 2. The average Bonchev–Trinajstić information content (AvgIpc) is 2.74. The van der Waals surface area contributed by atoms with Gasteiger partial charge in [-0.15, -0.1) is 11.3 Å². The molecular formula is C13H22N2OS. The van der Waals surface area contributed by atoms with Gasteiger partial charge in [0, 0.05) is 17.6 Å². The molecule has 0 aromatic carbocycles. The second-order valence-corrected chi connectivity index (χ2v) is 6.46. The van der Waals surface area contributed by atoms with E-state index in [4.69, 9.17) is 0 Å². The Morgan fingerprint density at radius 3 is 2.76 bits per heavy atom. The fourth-order valence-electron chi connectivity index (χ4n) is 2.39. The van der Waals surface area contributed by atoms with E-state index < -0.39 is 5.60 Å². The summed E-state index contributed by atoms with van der Waals surface area (Å²) in [6.45, 7) is 4.87. The number of thiazole rings is 1. The van der Waals surface area contributed by atoms with Crippen molar-refractivity contribution in [2.75, 3.05) is 6.54 Å². The van der Waals surface area contributed by atoms with Crippen LogP contribution in [0.2, 0.25) is 0 Å². The molecular weight excluding hydrogens is 232 g/mol. The number of aryl methyl sites for hydroxylation is 1. The monoisotopic (exact) mass is 254 g/mol. The van der Waals surface area contributed by atoms with Crippen molar-refractivity contribution in [3.8, 4) is 0 Å². The van der Waals surface area contributed by atoms with Gasteiger partial charge in [-0.25, -0.2) is 4.98 Å². The van der Waals surface area contributed by atoms with Crippen molar-refractivity contribution in [3.63, 3.8) is 0 Å². The Labute approximate surface area is 107 Å². The maximum atomic E-state index is 10.4. The standard InChI is InChI=1S/C13H22N2OS/c1-10-8-14-12(17-10)11(2)15-9-13(16)6-4-3-5-7-13/h8,11,15-16H,3-7,9H2,1-2H3. The van der Waals surface area contributed by atoms with Gasteiger partial charge < -0.3 is 10.4 Å². The third-order valence-corrected chi connectivity index (χ3v) is 4.63. The number of aromatic nitrogens is 1. The topological polar surface area (TPSA) is 45.2 Å². The van der Waals surface area contributed by atoms with Crippen molar-refractivity contribution in [1.29, 1.82) is 0 Å². The number of nitrogens with one attached hydrogen (secondary N) is 1. The maximum absolute atomic E-state index is 10.4. The largest absolute Gasteiger partial charge is 0.389 e. The molecule has 1 aromatic heterocycles. The minimum Gasteiger partial charge on any atom is -0.389 e.